The number of Topliss-reactive ketones (excluding diaryl/α,β-unsaturated/α-hetero) is 1. The molecule has 0 unspecified atom stereocenters. The number of carbonyl (C=O) groups excluding carboxylic acids is 10. The van der Waals surface area contributed by atoms with E-state index >= 15 is 0 Å². The number of likely N-dealkylation sites (N-methyl/N-ethyl adjacent to an activating group) is 1. The zero-order valence-corrected chi connectivity index (χ0v) is 67.0. The molecule has 3 aliphatic heterocycles. The molecule has 4 aliphatic rings. The third-order valence-corrected chi connectivity index (χ3v) is 22.2. The van der Waals surface area contributed by atoms with Crippen molar-refractivity contribution >= 4 is 59.0 Å². The standard InChI is InChI=1S/C55H62N6O6.C42H41N3O5.CH4/c1-38(2)51(63)57-45(55(67)61-36-22-34-48(61)53(65)59-50(42-27-15-9-16-28-42)43-29-17-10-18-30-43)31-19-5-6-20-32-46(58-52(64)39(3)56-4)54(66)60-35-21-33-47(60)49(62)37-44(40-23-11-7-12-24-40)41-25-13-8-14-26-41;1-3-15-36(42(49)45-25-14-24-37(45)41(48)44-39(29-16-6-4-7-17-29)30-18-8-5-9-19-30)43-40(47)28(2)26-38(46)50-27-35-33-22-12-10-20-31(33)32-21-11-13-23-34(32)35;/h7-18,23-30,38-39,44-48,50,56H,21-22,31-37H2,1-4H3,(H,57,63)(H,58,64)(H,59,65);1,4-13,16-23,28,35-37,39H,14-15,24-27H2,2H3,(H,43,47)(H,44,48);1H4/t39-,45-,46-,47-,48-;28-,36+,37+;/m01./s1. The number of ketones is 1. The Morgan fingerprint density at radius 1 is 0.424 bits per heavy atom. The Balaban J connectivity index is 0.000000256. The molecule has 0 bridgehead atoms. The van der Waals surface area contributed by atoms with E-state index in [0.717, 1.165) is 55.6 Å². The molecule has 118 heavy (non-hydrogen) atoms. The number of benzene rings is 8. The van der Waals surface area contributed by atoms with E-state index in [4.69, 9.17) is 11.2 Å². The van der Waals surface area contributed by atoms with Gasteiger partial charge < -0.3 is 51.3 Å². The molecular formula is C98H107N9O11. The Bertz CT molecular complexity index is 4780. The van der Waals surface area contributed by atoms with Crippen LogP contribution >= 0.6 is 0 Å². The van der Waals surface area contributed by atoms with Crippen molar-refractivity contribution < 1.29 is 52.7 Å². The maximum absolute atomic E-state index is 14.3. The summed E-state index contributed by atoms with van der Waals surface area (Å²) in [5, 5.41) is 17.7. The molecule has 20 nitrogen and oxygen atoms in total. The molecule has 8 aromatic carbocycles. The maximum Gasteiger partial charge on any atom is 0.306 e. The van der Waals surface area contributed by atoms with Crippen molar-refractivity contribution in [2.75, 3.05) is 33.3 Å². The molecule has 3 fully saturated rings. The Morgan fingerprint density at radius 3 is 1.16 bits per heavy atom. The quantitative estimate of drug-likeness (QED) is 0.0181. The first-order valence-corrected chi connectivity index (χ1v) is 40.5. The fourth-order valence-electron chi connectivity index (χ4n) is 15.7. The van der Waals surface area contributed by atoms with Crippen LogP contribution in [0.4, 0.5) is 0 Å². The van der Waals surface area contributed by atoms with E-state index in [9.17, 15) is 47.9 Å². The SMILES string of the molecule is C.C#CC[C@H](NC(=O)[C@H](C)CC(=O)OCC1c2ccccc2-c2ccccc21)C(=O)N1CCC[C@H]1C(=O)NC(c1ccccc1)c1ccccc1.CN[C@@H](C)C(=O)N[C@@H](CC#CC#CC[C@H](NC(=O)C(C)C)C(=O)N1CCC[C@H]1C(=O)NC(c1ccccc1)c1ccccc1)C(=O)N1CCC[C@H]1C(=O)CC(c1ccccc1)c1ccccc1. The number of ether oxygens (including phenoxy) is 1. The summed E-state index contributed by atoms with van der Waals surface area (Å²) in [4.78, 5) is 141. The van der Waals surface area contributed by atoms with Crippen molar-refractivity contribution in [3.05, 3.63) is 275 Å². The van der Waals surface area contributed by atoms with Gasteiger partial charge in [-0.05, 0) is 120 Å². The van der Waals surface area contributed by atoms with Gasteiger partial charge in [0.05, 0.1) is 30.6 Å². The van der Waals surface area contributed by atoms with Gasteiger partial charge in [-0.2, -0.15) is 0 Å². The number of rotatable bonds is 30. The van der Waals surface area contributed by atoms with Crippen LogP contribution in [-0.4, -0.2) is 149 Å². The number of esters is 1. The van der Waals surface area contributed by atoms with Crippen molar-refractivity contribution in [1.29, 1.82) is 0 Å². The van der Waals surface area contributed by atoms with Gasteiger partial charge in [-0.1, -0.05) is 271 Å². The molecule has 8 aromatic rings. The number of nitrogens with one attached hydrogen (secondary N) is 6. The summed E-state index contributed by atoms with van der Waals surface area (Å²) in [5.41, 5.74) is 10.2. The van der Waals surface area contributed by atoms with E-state index in [1.165, 1.54) is 9.80 Å². The summed E-state index contributed by atoms with van der Waals surface area (Å²) in [7, 11) is 1.65. The van der Waals surface area contributed by atoms with Gasteiger partial charge in [0.15, 0.2) is 5.78 Å². The maximum atomic E-state index is 14.3. The fourth-order valence-corrected chi connectivity index (χ4v) is 15.7. The average Bonchev–Trinajstić information content (AvgIpc) is 1.61. The van der Waals surface area contributed by atoms with Crippen LogP contribution in [-0.2, 0) is 52.7 Å². The summed E-state index contributed by atoms with van der Waals surface area (Å²) >= 11 is 0. The van der Waals surface area contributed by atoms with Crippen molar-refractivity contribution in [3.8, 4) is 47.2 Å². The minimum atomic E-state index is -1.05. The lowest BCUT2D eigenvalue weighted by molar-refractivity contribution is -0.147. The van der Waals surface area contributed by atoms with Crippen molar-refractivity contribution in [2.24, 2.45) is 11.8 Å². The molecule has 12 rings (SSSR count). The van der Waals surface area contributed by atoms with Gasteiger partial charge in [-0.15, -0.1) is 12.3 Å². The highest BCUT2D eigenvalue weighted by Gasteiger charge is 2.43. The summed E-state index contributed by atoms with van der Waals surface area (Å²) in [6, 6.07) is 67.9. The second kappa shape index (κ2) is 43.3. The molecule has 20 heteroatoms. The van der Waals surface area contributed by atoms with Gasteiger partial charge in [0.25, 0.3) is 0 Å². The molecule has 3 saturated heterocycles. The zero-order valence-electron chi connectivity index (χ0n) is 67.0. The highest BCUT2D eigenvalue weighted by Crippen LogP contribution is 2.45. The van der Waals surface area contributed by atoms with E-state index < -0.39 is 102 Å². The Labute approximate surface area is 693 Å². The van der Waals surface area contributed by atoms with E-state index in [0.29, 0.717) is 58.2 Å². The highest BCUT2D eigenvalue weighted by molar-refractivity contribution is 5.97. The summed E-state index contributed by atoms with van der Waals surface area (Å²) in [5.74, 6) is 8.89. The lowest BCUT2D eigenvalue weighted by Crippen LogP contribution is -2.54. The number of likely N-dealkylation sites (tertiary alicyclic amines) is 3. The van der Waals surface area contributed by atoms with Gasteiger partial charge in [0.2, 0.25) is 47.3 Å². The number of terminal acetylenes is 1. The summed E-state index contributed by atoms with van der Waals surface area (Å²) in [6.07, 6.45) is 8.85. The first-order chi connectivity index (χ1) is 56.8. The van der Waals surface area contributed by atoms with Crippen LogP contribution in [0.1, 0.15) is 174 Å². The summed E-state index contributed by atoms with van der Waals surface area (Å²) in [6.45, 7) is 8.00. The molecule has 0 saturated carbocycles. The Hall–Kier alpha value is -12.7. The van der Waals surface area contributed by atoms with Gasteiger partial charge in [0, 0.05) is 69.0 Å². The molecule has 8 amide bonds. The summed E-state index contributed by atoms with van der Waals surface area (Å²) < 4.78 is 5.71. The second-order valence-corrected chi connectivity index (χ2v) is 30.4. The predicted octanol–water partition coefficient (Wildman–Crippen LogP) is 12.1. The molecule has 0 radical (unpaired) electrons. The van der Waals surface area contributed by atoms with Gasteiger partial charge in [0.1, 0.15) is 36.8 Å². The molecular weight excluding hydrogens is 1480 g/mol. The van der Waals surface area contributed by atoms with Crippen LogP contribution in [0, 0.1) is 47.9 Å². The third-order valence-electron chi connectivity index (χ3n) is 22.2. The van der Waals surface area contributed by atoms with Crippen LogP contribution in [0.3, 0.4) is 0 Å². The van der Waals surface area contributed by atoms with E-state index in [-0.39, 0.29) is 81.5 Å². The van der Waals surface area contributed by atoms with Crippen LogP contribution in [0.25, 0.3) is 11.1 Å². The normalized spacial score (nSPS) is 16.4. The Kier molecular flexibility index (Phi) is 32.2. The first kappa shape index (κ1) is 87.7. The van der Waals surface area contributed by atoms with Gasteiger partial charge >= 0.3 is 5.97 Å². The minimum Gasteiger partial charge on any atom is -0.465 e. The number of hydrogen-bond acceptors (Lipinski definition) is 12. The second-order valence-electron chi connectivity index (χ2n) is 30.4. The number of carbonyl (C=O) groups is 10. The smallest absolute Gasteiger partial charge is 0.306 e. The van der Waals surface area contributed by atoms with Crippen LogP contribution in [0.15, 0.2) is 231 Å². The highest BCUT2D eigenvalue weighted by atomic mass is 16.5. The fraction of sp³-hybridized carbons (Fsp3) is 0.347. The van der Waals surface area contributed by atoms with Crippen molar-refractivity contribution in [1.82, 2.24) is 46.6 Å². The zero-order chi connectivity index (χ0) is 82.7. The predicted molar refractivity (Wildman–Crippen MR) is 457 cm³/mol. The molecule has 6 N–H and O–H groups in total. The lowest BCUT2D eigenvalue weighted by atomic mass is 9.85. The van der Waals surface area contributed by atoms with Crippen LogP contribution < -0.4 is 31.9 Å². The molecule has 1 aliphatic carbocycles. The minimum absolute atomic E-state index is 0. The number of nitrogens with zero attached hydrogens (tertiary/aromatic N) is 3. The van der Waals surface area contributed by atoms with E-state index in [1.807, 2.05) is 218 Å². The van der Waals surface area contributed by atoms with Crippen molar-refractivity contribution in [3.63, 3.8) is 0 Å². The largest absolute Gasteiger partial charge is 0.465 e. The van der Waals surface area contributed by atoms with Crippen LogP contribution in [0.2, 0.25) is 0 Å². The van der Waals surface area contributed by atoms with Crippen LogP contribution in [0.5, 0.6) is 0 Å². The number of hydrogen-bond donors (Lipinski definition) is 6. The van der Waals surface area contributed by atoms with Gasteiger partial charge in [-0.25, -0.2) is 0 Å². The number of amides is 8. The number of fused-ring (bicyclic) bond motifs is 3. The molecule has 0 spiro atoms. The lowest BCUT2D eigenvalue weighted by Gasteiger charge is -2.30. The molecule has 3 heterocycles. The van der Waals surface area contributed by atoms with E-state index in [2.05, 4.69) is 73.6 Å². The third kappa shape index (κ3) is 22.7. The van der Waals surface area contributed by atoms with E-state index in [1.54, 1.807) is 39.6 Å². The molecule has 610 valence electrons. The molecule has 0 aromatic heterocycles. The van der Waals surface area contributed by atoms with Crippen molar-refractivity contribution in [2.45, 2.75) is 172 Å². The monoisotopic (exact) mass is 1590 g/mol. The Morgan fingerprint density at radius 2 is 0.771 bits per heavy atom. The topological polar surface area (TPSA) is 262 Å². The first-order valence-electron chi connectivity index (χ1n) is 40.5. The molecule has 8 atom stereocenters. The average molecular weight is 1590 g/mol. The van der Waals surface area contributed by atoms with Gasteiger partial charge in [-0.3, -0.25) is 47.9 Å².